The summed E-state index contributed by atoms with van der Waals surface area (Å²) in [6.45, 7) is 7.64. The van der Waals surface area contributed by atoms with Crippen LogP contribution in [0.4, 0.5) is 0 Å². The van der Waals surface area contributed by atoms with Gasteiger partial charge in [0, 0.05) is 25.7 Å². The highest BCUT2D eigenvalue weighted by molar-refractivity contribution is 7.91. The molecular formula is C18H25N3O3S2. The second-order valence-electron chi connectivity index (χ2n) is 6.43. The number of thiazole rings is 1. The zero-order valence-corrected chi connectivity index (χ0v) is 16.8. The predicted molar refractivity (Wildman–Crippen MR) is 103 cm³/mol. The molecule has 0 amide bonds. The minimum atomic E-state index is -3.61. The summed E-state index contributed by atoms with van der Waals surface area (Å²) in [5, 5.41) is 0.757. The zero-order chi connectivity index (χ0) is 18.6. The maximum atomic E-state index is 12.9. The van der Waals surface area contributed by atoms with Crippen LogP contribution < -0.4 is 4.72 Å². The quantitative estimate of drug-likeness (QED) is 0.780. The fourth-order valence-electron chi connectivity index (χ4n) is 3.12. The lowest BCUT2D eigenvalue weighted by atomic mass is 10.0. The van der Waals surface area contributed by atoms with Crippen LogP contribution in [0.1, 0.15) is 28.7 Å². The standard InChI is InChI=1S/C18H25N3O3S2/c1-14-18(25-15(2)19-14)26(22,23)20-17(16-6-4-3-5-7-16)8-9-21-10-12-24-13-11-21/h3-7,17,20H,8-13H2,1-2H3/t17-/m0/s1. The first kappa shape index (κ1) is 19.4. The molecule has 2 heterocycles. The fraction of sp³-hybridized carbons (Fsp3) is 0.500. The molecule has 0 bridgehead atoms. The van der Waals surface area contributed by atoms with E-state index in [9.17, 15) is 8.42 Å². The fourth-order valence-corrected chi connectivity index (χ4v) is 5.88. The normalized spacial score (nSPS) is 17.3. The Hall–Kier alpha value is -1.32. The van der Waals surface area contributed by atoms with Crippen molar-refractivity contribution in [3.05, 3.63) is 46.6 Å². The average Bonchev–Trinajstić information content (AvgIpc) is 2.99. The Balaban J connectivity index is 1.77. The largest absolute Gasteiger partial charge is 0.379 e. The summed E-state index contributed by atoms with van der Waals surface area (Å²) < 4.78 is 34.5. The zero-order valence-electron chi connectivity index (χ0n) is 15.1. The SMILES string of the molecule is Cc1nc(C)c(S(=O)(=O)N[C@@H](CCN2CCOCC2)c2ccccc2)s1. The van der Waals surface area contributed by atoms with Crippen LogP contribution in [0.5, 0.6) is 0 Å². The van der Waals surface area contributed by atoms with E-state index in [4.69, 9.17) is 4.74 Å². The smallest absolute Gasteiger partial charge is 0.252 e. The molecule has 8 heteroatoms. The van der Waals surface area contributed by atoms with E-state index in [-0.39, 0.29) is 6.04 Å². The van der Waals surface area contributed by atoms with E-state index in [1.54, 1.807) is 6.92 Å². The third-order valence-electron chi connectivity index (χ3n) is 4.44. The van der Waals surface area contributed by atoms with Crippen molar-refractivity contribution in [2.75, 3.05) is 32.8 Å². The molecule has 1 aromatic heterocycles. The van der Waals surface area contributed by atoms with Crippen molar-refractivity contribution in [1.29, 1.82) is 0 Å². The van der Waals surface area contributed by atoms with Crippen molar-refractivity contribution in [1.82, 2.24) is 14.6 Å². The average molecular weight is 396 g/mol. The number of nitrogens with one attached hydrogen (secondary N) is 1. The molecule has 0 saturated carbocycles. The van der Waals surface area contributed by atoms with Gasteiger partial charge in [0.25, 0.3) is 10.0 Å². The molecule has 3 rings (SSSR count). The highest BCUT2D eigenvalue weighted by Gasteiger charge is 2.26. The van der Waals surface area contributed by atoms with E-state index < -0.39 is 10.0 Å². The van der Waals surface area contributed by atoms with E-state index in [0.717, 1.165) is 43.4 Å². The molecule has 0 aliphatic carbocycles. The topological polar surface area (TPSA) is 71.5 Å². The van der Waals surface area contributed by atoms with Gasteiger partial charge in [0.05, 0.1) is 23.9 Å². The van der Waals surface area contributed by atoms with E-state index in [1.807, 2.05) is 37.3 Å². The lowest BCUT2D eigenvalue weighted by Crippen LogP contribution is -2.39. The monoisotopic (exact) mass is 395 g/mol. The van der Waals surface area contributed by atoms with Gasteiger partial charge in [-0.05, 0) is 25.8 Å². The number of aryl methyl sites for hydroxylation is 2. The first-order valence-electron chi connectivity index (χ1n) is 8.77. The van der Waals surface area contributed by atoms with E-state index in [2.05, 4.69) is 14.6 Å². The molecular weight excluding hydrogens is 370 g/mol. The summed E-state index contributed by atoms with van der Waals surface area (Å²) >= 11 is 1.22. The molecule has 6 nitrogen and oxygen atoms in total. The minimum Gasteiger partial charge on any atom is -0.379 e. The molecule has 1 N–H and O–H groups in total. The summed E-state index contributed by atoms with van der Waals surface area (Å²) in [5.74, 6) is 0. The highest BCUT2D eigenvalue weighted by Crippen LogP contribution is 2.26. The van der Waals surface area contributed by atoms with Crippen LogP contribution in [0.15, 0.2) is 34.5 Å². The van der Waals surface area contributed by atoms with Crippen LogP contribution in [0.2, 0.25) is 0 Å². The third kappa shape index (κ3) is 4.89. The number of morpholine rings is 1. The number of aromatic nitrogens is 1. The Morgan fingerprint density at radius 3 is 2.54 bits per heavy atom. The highest BCUT2D eigenvalue weighted by atomic mass is 32.2. The van der Waals surface area contributed by atoms with E-state index >= 15 is 0 Å². The van der Waals surface area contributed by atoms with Gasteiger partial charge in [-0.1, -0.05) is 30.3 Å². The van der Waals surface area contributed by atoms with E-state index in [1.165, 1.54) is 11.3 Å². The van der Waals surface area contributed by atoms with Crippen molar-refractivity contribution >= 4 is 21.4 Å². The van der Waals surface area contributed by atoms with Crippen molar-refractivity contribution in [2.45, 2.75) is 30.5 Å². The molecule has 0 unspecified atom stereocenters. The predicted octanol–water partition coefficient (Wildman–Crippen LogP) is 2.50. The number of rotatable bonds is 7. The summed E-state index contributed by atoms with van der Waals surface area (Å²) in [6.07, 6.45) is 0.708. The van der Waals surface area contributed by atoms with Crippen LogP contribution in [-0.4, -0.2) is 51.1 Å². The Morgan fingerprint density at radius 1 is 1.23 bits per heavy atom. The van der Waals surface area contributed by atoms with Gasteiger partial charge < -0.3 is 4.74 Å². The number of hydrogen-bond donors (Lipinski definition) is 1. The molecule has 142 valence electrons. The first-order chi connectivity index (χ1) is 12.5. The number of benzene rings is 1. The molecule has 26 heavy (non-hydrogen) atoms. The van der Waals surface area contributed by atoms with Crippen molar-refractivity contribution in [3.8, 4) is 0 Å². The van der Waals surface area contributed by atoms with Crippen LogP contribution in [0.3, 0.4) is 0 Å². The van der Waals surface area contributed by atoms with Crippen LogP contribution in [0.25, 0.3) is 0 Å². The van der Waals surface area contributed by atoms with Gasteiger partial charge in [0.2, 0.25) is 0 Å². The van der Waals surface area contributed by atoms with Gasteiger partial charge in [0.15, 0.2) is 4.21 Å². The van der Waals surface area contributed by atoms with Crippen molar-refractivity contribution < 1.29 is 13.2 Å². The van der Waals surface area contributed by atoms with Crippen molar-refractivity contribution in [2.24, 2.45) is 0 Å². The molecule has 1 saturated heterocycles. The van der Waals surface area contributed by atoms with E-state index in [0.29, 0.717) is 16.3 Å². The molecule has 1 aromatic carbocycles. The lowest BCUT2D eigenvalue weighted by Gasteiger charge is -2.28. The van der Waals surface area contributed by atoms with Gasteiger partial charge in [-0.25, -0.2) is 18.1 Å². The molecule has 1 aliphatic rings. The molecule has 1 fully saturated rings. The number of hydrogen-bond acceptors (Lipinski definition) is 6. The molecule has 0 spiro atoms. The summed E-state index contributed by atoms with van der Waals surface area (Å²) in [7, 11) is -3.61. The Labute approximate surface area is 159 Å². The van der Waals surface area contributed by atoms with Crippen molar-refractivity contribution in [3.63, 3.8) is 0 Å². The minimum absolute atomic E-state index is 0.272. The maximum Gasteiger partial charge on any atom is 0.252 e. The second kappa shape index (κ2) is 8.58. The molecule has 2 aromatic rings. The number of ether oxygens (including phenoxy) is 1. The summed E-state index contributed by atoms with van der Waals surface area (Å²) in [4.78, 5) is 6.57. The molecule has 1 aliphatic heterocycles. The van der Waals surface area contributed by atoms with Gasteiger partial charge in [0.1, 0.15) is 0 Å². The Morgan fingerprint density at radius 2 is 1.92 bits per heavy atom. The van der Waals surface area contributed by atoms with Gasteiger partial charge >= 0.3 is 0 Å². The van der Waals surface area contributed by atoms with Gasteiger partial charge in [-0.15, -0.1) is 11.3 Å². The van der Waals surface area contributed by atoms with Gasteiger partial charge in [-0.2, -0.15) is 0 Å². The van der Waals surface area contributed by atoms with Crippen LogP contribution in [-0.2, 0) is 14.8 Å². The van der Waals surface area contributed by atoms with Crippen LogP contribution >= 0.6 is 11.3 Å². The Kier molecular flexibility index (Phi) is 6.42. The molecule has 1 atom stereocenters. The van der Waals surface area contributed by atoms with Crippen LogP contribution in [0, 0.1) is 13.8 Å². The summed E-state index contributed by atoms with van der Waals surface area (Å²) in [5.41, 5.74) is 1.53. The first-order valence-corrected chi connectivity index (χ1v) is 11.1. The molecule has 0 radical (unpaired) electrons. The maximum absolute atomic E-state index is 12.9. The number of sulfonamides is 1. The lowest BCUT2D eigenvalue weighted by molar-refractivity contribution is 0.0364. The number of nitrogens with zero attached hydrogens (tertiary/aromatic N) is 2. The second-order valence-corrected chi connectivity index (χ2v) is 9.55. The van der Waals surface area contributed by atoms with Gasteiger partial charge in [-0.3, -0.25) is 4.90 Å². The summed E-state index contributed by atoms with van der Waals surface area (Å²) in [6, 6.07) is 9.48. The Bertz CT molecular complexity index is 815. The third-order valence-corrected chi connectivity index (χ3v) is 7.60.